The van der Waals surface area contributed by atoms with Crippen molar-refractivity contribution in [2.24, 2.45) is 0 Å². The highest BCUT2D eigenvalue weighted by atomic mass is 19.1. The van der Waals surface area contributed by atoms with E-state index in [1.165, 1.54) is 12.1 Å². The topological polar surface area (TPSA) is 42.3 Å². The van der Waals surface area contributed by atoms with Crippen molar-refractivity contribution in [2.75, 3.05) is 32.8 Å². The molecule has 0 bridgehead atoms. The molecule has 28 heavy (non-hydrogen) atoms. The molecule has 1 aliphatic rings. The zero-order chi connectivity index (χ0) is 19.2. The van der Waals surface area contributed by atoms with Gasteiger partial charge in [-0.05, 0) is 29.8 Å². The number of morpholine rings is 1. The van der Waals surface area contributed by atoms with E-state index >= 15 is 0 Å². The molecule has 0 spiro atoms. The van der Waals surface area contributed by atoms with Crippen LogP contribution in [0.3, 0.4) is 0 Å². The third kappa shape index (κ3) is 4.65. The molecule has 0 radical (unpaired) electrons. The van der Waals surface area contributed by atoms with Crippen molar-refractivity contribution >= 4 is 0 Å². The van der Waals surface area contributed by atoms with Crippen LogP contribution in [-0.4, -0.2) is 47.5 Å². The molecule has 1 aromatic heterocycles. The van der Waals surface area contributed by atoms with Gasteiger partial charge in [0.05, 0.1) is 25.1 Å². The number of rotatable bonds is 7. The SMILES string of the molecule is Fc1ccc([C@H](CNCc2cnn(-c3ccccc3)c2)N2CCOCC2)cc1. The van der Waals surface area contributed by atoms with Gasteiger partial charge in [-0.15, -0.1) is 0 Å². The summed E-state index contributed by atoms with van der Waals surface area (Å²) >= 11 is 0. The molecule has 1 aliphatic heterocycles. The van der Waals surface area contributed by atoms with Crippen LogP contribution in [0.1, 0.15) is 17.2 Å². The maximum absolute atomic E-state index is 13.3. The van der Waals surface area contributed by atoms with Crippen molar-refractivity contribution in [3.05, 3.63) is 83.9 Å². The summed E-state index contributed by atoms with van der Waals surface area (Å²) in [6.45, 7) is 4.76. The van der Waals surface area contributed by atoms with E-state index in [-0.39, 0.29) is 11.9 Å². The zero-order valence-corrected chi connectivity index (χ0v) is 15.8. The van der Waals surface area contributed by atoms with Crippen LogP contribution in [0.2, 0.25) is 0 Å². The van der Waals surface area contributed by atoms with Crippen LogP contribution in [-0.2, 0) is 11.3 Å². The predicted molar refractivity (Wildman–Crippen MR) is 107 cm³/mol. The Balaban J connectivity index is 1.40. The minimum Gasteiger partial charge on any atom is -0.379 e. The van der Waals surface area contributed by atoms with Crippen molar-refractivity contribution in [1.29, 1.82) is 0 Å². The van der Waals surface area contributed by atoms with E-state index in [1.807, 2.05) is 59.5 Å². The molecule has 0 saturated carbocycles. The van der Waals surface area contributed by atoms with Gasteiger partial charge in [-0.1, -0.05) is 30.3 Å². The van der Waals surface area contributed by atoms with Gasteiger partial charge in [0.1, 0.15) is 5.82 Å². The van der Waals surface area contributed by atoms with Crippen LogP contribution in [0.5, 0.6) is 0 Å². The highest BCUT2D eigenvalue weighted by Crippen LogP contribution is 2.22. The lowest BCUT2D eigenvalue weighted by Gasteiger charge is -2.35. The first-order valence-electron chi connectivity index (χ1n) is 9.66. The van der Waals surface area contributed by atoms with Gasteiger partial charge in [0.15, 0.2) is 0 Å². The Bertz CT molecular complexity index is 860. The van der Waals surface area contributed by atoms with Crippen LogP contribution in [0.25, 0.3) is 5.69 Å². The molecule has 0 unspecified atom stereocenters. The van der Waals surface area contributed by atoms with Crippen molar-refractivity contribution in [1.82, 2.24) is 20.0 Å². The molecule has 2 heterocycles. The third-order valence-electron chi connectivity index (χ3n) is 5.06. The summed E-state index contributed by atoms with van der Waals surface area (Å²) < 4.78 is 20.7. The number of hydrogen-bond donors (Lipinski definition) is 1. The fourth-order valence-corrected chi connectivity index (χ4v) is 3.56. The molecule has 4 rings (SSSR count). The van der Waals surface area contributed by atoms with Crippen molar-refractivity contribution in [3.8, 4) is 5.69 Å². The van der Waals surface area contributed by atoms with Crippen molar-refractivity contribution < 1.29 is 9.13 Å². The summed E-state index contributed by atoms with van der Waals surface area (Å²) in [5.74, 6) is -0.203. The van der Waals surface area contributed by atoms with Gasteiger partial charge in [-0.2, -0.15) is 5.10 Å². The second-order valence-electron chi connectivity index (χ2n) is 6.98. The molecule has 3 aromatic rings. The van der Waals surface area contributed by atoms with Crippen LogP contribution in [0, 0.1) is 5.82 Å². The van der Waals surface area contributed by atoms with Gasteiger partial charge < -0.3 is 10.1 Å². The van der Waals surface area contributed by atoms with Crippen LogP contribution < -0.4 is 5.32 Å². The van der Waals surface area contributed by atoms with Gasteiger partial charge in [0.25, 0.3) is 0 Å². The fourth-order valence-electron chi connectivity index (χ4n) is 3.56. The summed E-state index contributed by atoms with van der Waals surface area (Å²) in [6.07, 6.45) is 3.94. The van der Waals surface area contributed by atoms with E-state index in [0.717, 1.165) is 56.2 Å². The summed E-state index contributed by atoms with van der Waals surface area (Å²) in [5, 5.41) is 8.00. The smallest absolute Gasteiger partial charge is 0.123 e. The van der Waals surface area contributed by atoms with E-state index < -0.39 is 0 Å². The van der Waals surface area contributed by atoms with E-state index in [2.05, 4.69) is 15.3 Å². The predicted octanol–water partition coefficient (Wildman–Crippen LogP) is 3.17. The Hall–Kier alpha value is -2.54. The summed E-state index contributed by atoms with van der Waals surface area (Å²) in [6, 6.07) is 17.1. The lowest BCUT2D eigenvalue weighted by Crippen LogP contribution is -2.42. The molecule has 5 nitrogen and oxygen atoms in total. The average Bonchev–Trinajstić information content (AvgIpc) is 3.22. The number of aromatic nitrogens is 2. The molecule has 0 aliphatic carbocycles. The van der Waals surface area contributed by atoms with E-state index in [1.54, 1.807) is 0 Å². The average molecular weight is 380 g/mol. The number of para-hydroxylation sites is 1. The fraction of sp³-hybridized carbons (Fsp3) is 0.318. The lowest BCUT2D eigenvalue weighted by atomic mass is 10.0. The molecule has 1 saturated heterocycles. The molecule has 1 N–H and O–H groups in total. The molecular weight excluding hydrogens is 355 g/mol. The number of halogens is 1. The van der Waals surface area contributed by atoms with Gasteiger partial charge in [0, 0.05) is 44.0 Å². The molecule has 2 aromatic carbocycles. The normalized spacial score (nSPS) is 16.2. The molecule has 1 fully saturated rings. The van der Waals surface area contributed by atoms with Gasteiger partial charge in [0.2, 0.25) is 0 Å². The Morgan fingerprint density at radius 3 is 2.54 bits per heavy atom. The second kappa shape index (κ2) is 9.10. The Kier molecular flexibility index (Phi) is 6.11. The number of nitrogens with zero attached hydrogens (tertiary/aromatic N) is 3. The van der Waals surface area contributed by atoms with Gasteiger partial charge in [-0.3, -0.25) is 4.90 Å². The molecule has 146 valence electrons. The summed E-state index contributed by atoms with van der Waals surface area (Å²) in [5.41, 5.74) is 3.30. The Morgan fingerprint density at radius 1 is 1.04 bits per heavy atom. The minimum absolute atomic E-state index is 0.189. The standard InChI is InChI=1S/C22H25FN4O/c23-20-8-6-19(7-9-20)22(26-10-12-28-13-11-26)16-24-14-18-15-25-27(17-18)21-4-2-1-3-5-21/h1-9,15,17,22,24H,10-14,16H2/t22-/m0/s1. The van der Waals surface area contributed by atoms with Crippen LogP contribution in [0.15, 0.2) is 67.0 Å². The van der Waals surface area contributed by atoms with E-state index in [0.29, 0.717) is 0 Å². The number of nitrogens with one attached hydrogen (secondary N) is 1. The summed E-state index contributed by atoms with van der Waals surface area (Å²) in [4.78, 5) is 2.40. The van der Waals surface area contributed by atoms with Gasteiger partial charge in [-0.25, -0.2) is 9.07 Å². The number of benzene rings is 2. The Morgan fingerprint density at radius 2 is 1.79 bits per heavy atom. The first-order valence-corrected chi connectivity index (χ1v) is 9.66. The van der Waals surface area contributed by atoms with Crippen molar-refractivity contribution in [2.45, 2.75) is 12.6 Å². The third-order valence-corrected chi connectivity index (χ3v) is 5.06. The van der Waals surface area contributed by atoms with Crippen LogP contribution >= 0.6 is 0 Å². The minimum atomic E-state index is -0.203. The quantitative estimate of drug-likeness (QED) is 0.684. The number of ether oxygens (including phenoxy) is 1. The molecular formula is C22H25FN4O. The van der Waals surface area contributed by atoms with Crippen LogP contribution in [0.4, 0.5) is 4.39 Å². The zero-order valence-electron chi connectivity index (χ0n) is 15.8. The molecule has 0 amide bonds. The monoisotopic (exact) mass is 380 g/mol. The maximum atomic E-state index is 13.3. The van der Waals surface area contributed by atoms with Crippen molar-refractivity contribution in [3.63, 3.8) is 0 Å². The first-order chi connectivity index (χ1) is 13.8. The lowest BCUT2D eigenvalue weighted by molar-refractivity contribution is 0.0161. The highest BCUT2D eigenvalue weighted by molar-refractivity contribution is 5.31. The number of hydrogen-bond acceptors (Lipinski definition) is 4. The highest BCUT2D eigenvalue weighted by Gasteiger charge is 2.22. The van der Waals surface area contributed by atoms with Gasteiger partial charge >= 0.3 is 0 Å². The van der Waals surface area contributed by atoms with E-state index in [9.17, 15) is 4.39 Å². The Labute approximate surface area is 164 Å². The second-order valence-corrected chi connectivity index (χ2v) is 6.98. The maximum Gasteiger partial charge on any atom is 0.123 e. The summed E-state index contributed by atoms with van der Waals surface area (Å²) in [7, 11) is 0. The largest absolute Gasteiger partial charge is 0.379 e. The van der Waals surface area contributed by atoms with E-state index in [4.69, 9.17) is 4.74 Å². The molecule has 6 heteroatoms. The first kappa shape index (κ1) is 18.8. The molecule has 1 atom stereocenters.